The molecule has 1 heterocycles. The summed E-state index contributed by atoms with van der Waals surface area (Å²) in [6, 6.07) is 17.2. The predicted molar refractivity (Wildman–Crippen MR) is 94.0 cm³/mol. The Balaban J connectivity index is 1.76. The molecule has 0 N–H and O–H groups in total. The zero-order valence-corrected chi connectivity index (χ0v) is 14.3. The standard InChI is InChI=1S/C19H14FN3OS/c1-13-9-18(24-17-8-4-7-16(20)10-17)23-19(22-13)25-12-15-6-3-2-5-14(15)11-21/h2-10H,12H2,1H3. The fourth-order valence-corrected chi connectivity index (χ4v) is 3.08. The molecular formula is C19H14FN3OS. The van der Waals surface area contributed by atoms with E-state index in [-0.39, 0.29) is 5.82 Å². The first-order valence-corrected chi connectivity index (χ1v) is 8.52. The van der Waals surface area contributed by atoms with Gasteiger partial charge < -0.3 is 4.74 Å². The summed E-state index contributed by atoms with van der Waals surface area (Å²) >= 11 is 1.42. The molecule has 0 bridgehead atoms. The molecule has 3 rings (SSSR count). The van der Waals surface area contributed by atoms with Crippen molar-refractivity contribution in [1.82, 2.24) is 9.97 Å². The second-order valence-electron chi connectivity index (χ2n) is 5.25. The Kier molecular flexibility index (Phi) is 5.26. The summed E-state index contributed by atoms with van der Waals surface area (Å²) < 4.78 is 18.9. The number of nitrogens with zero attached hydrogens (tertiary/aromatic N) is 3. The van der Waals surface area contributed by atoms with E-state index in [2.05, 4.69) is 16.0 Å². The van der Waals surface area contributed by atoms with Crippen molar-refractivity contribution in [3.63, 3.8) is 0 Å². The van der Waals surface area contributed by atoms with Crippen molar-refractivity contribution in [2.45, 2.75) is 17.8 Å². The fraction of sp³-hybridized carbons (Fsp3) is 0.105. The summed E-state index contributed by atoms with van der Waals surface area (Å²) in [7, 11) is 0. The average molecular weight is 351 g/mol. The van der Waals surface area contributed by atoms with E-state index < -0.39 is 0 Å². The number of aryl methyl sites for hydroxylation is 1. The van der Waals surface area contributed by atoms with Gasteiger partial charge in [-0.25, -0.2) is 9.37 Å². The van der Waals surface area contributed by atoms with Crippen LogP contribution in [0.3, 0.4) is 0 Å². The molecule has 0 radical (unpaired) electrons. The molecule has 124 valence electrons. The third-order valence-electron chi connectivity index (χ3n) is 3.32. The number of hydrogen-bond donors (Lipinski definition) is 0. The molecule has 0 atom stereocenters. The van der Waals surface area contributed by atoms with Gasteiger partial charge in [-0.3, -0.25) is 0 Å². The summed E-state index contributed by atoms with van der Waals surface area (Å²) in [5, 5.41) is 9.69. The van der Waals surface area contributed by atoms with Gasteiger partial charge in [0.15, 0.2) is 5.16 Å². The van der Waals surface area contributed by atoms with Crippen LogP contribution in [0.2, 0.25) is 0 Å². The number of nitriles is 1. The zero-order chi connectivity index (χ0) is 17.6. The number of halogens is 1. The van der Waals surface area contributed by atoms with Crippen LogP contribution in [0, 0.1) is 24.1 Å². The quantitative estimate of drug-likeness (QED) is 0.484. The molecule has 0 amide bonds. The first-order chi connectivity index (χ1) is 12.1. The molecule has 4 nitrogen and oxygen atoms in total. The lowest BCUT2D eigenvalue weighted by molar-refractivity contribution is 0.450. The molecule has 0 saturated heterocycles. The first kappa shape index (κ1) is 16.9. The first-order valence-electron chi connectivity index (χ1n) is 7.54. The van der Waals surface area contributed by atoms with Gasteiger partial charge in [-0.2, -0.15) is 10.2 Å². The number of aromatic nitrogens is 2. The molecule has 0 spiro atoms. The van der Waals surface area contributed by atoms with E-state index in [0.29, 0.717) is 28.1 Å². The summed E-state index contributed by atoms with van der Waals surface area (Å²) in [6.07, 6.45) is 0. The SMILES string of the molecule is Cc1cc(Oc2cccc(F)c2)nc(SCc2ccccc2C#N)n1. The summed E-state index contributed by atoms with van der Waals surface area (Å²) in [5.41, 5.74) is 2.31. The van der Waals surface area contributed by atoms with Gasteiger partial charge in [0.25, 0.3) is 0 Å². The molecule has 2 aromatic carbocycles. The van der Waals surface area contributed by atoms with Crippen molar-refractivity contribution in [2.24, 2.45) is 0 Å². The Morgan fingerprint density at radius 3 is 2.76 bits per heavy atom. The van der Waals surface area contributed by atoms with E-state index in [4.69, 9.17) is 10.00 Å². The molecule has 0 aliphatic rings. The third-order valence-corrected chi connectivity index (χ3v) is 4.22. The molecule has 0 aliphatic carbocycles. The molecular weight excluding hydrogens is 337 g/mol. The largest absolute Gasteiger partial charge is 0.439 e. The van der Waals surface area contributed by atoms with Crippen LogP contribution in [0.4, 0.5) is 4.39 Å². The van der Waals surface area contributed by atoms with Crippen LogP contribution in [-0.2, 0) is 5.75 Å². The molecule has 1 aromatic heterocycles. The maximum absolute atomic E-state index is 13.3. The Morgan fingerprint density at radius 2 is 1.96 bits per heavy atom. The number of rotatable bonds is 5. The monoisotopic (exact) mass is 351 g/mol. The van der Waals surface area contributed by atoms with Crippen LogP contribution in [0.15, 0.2) is 59.8 Å². The van der Waals surface area contributed by atoms with Gasteiger partial charge in [-0.15, -0.1) is 0 Å². The summed E-state index contributed by atoms with van der Waals surface area (Å²) in [5.74, 6) is 0.941. The summed E-state index contributed by atoms with van der Waals surface area (Å²) in [6.45, 7) is 1.84. The molecule has 0 aliphatic heterocycles. The number of hydrogen-bond acceptors (Lipinski definition) is 5. The number of ether oxygens (including phenoxy) is 1. The minimum atomic E-state index is -0.369. The van der Waals surface area contributed by atoms with E-state index in [1.807, 2.05) is 25.1 Å². The minimum absolute atomic E-state index is 0.356. The maximum atomic E-state index is 13.3. The fourth-order valence-electron chi connectivity index (χ4n) is 2.18. The minimum Gasteiger partial charge on any atom is -0.439 e. The molecule has 0 unspecified atom stereocenters. The second-order valence-corrected chi connectivity index (χ2v) is 6.19. The zero-order valence-electron chi connectivity index (χ0n) is 13.4. The smallest absolute Gasteiger partial charge is 0.223 e. The van der Waals surface area contributed by atoms with Crippen molar-refractivity contribution in [3.8, 4) is 17.7 Å². The van der Waals surface area contributed by atoms with Crippen LogP contribution < -0.4 is 4.74 Å². The van der Waals surface area contributed by atoms with Gasteiger partial charge in [0.1, 0.15) is 11.6 Å². The molecule has 6 heteroatoms. The van der Waals surface area contributed by atoms with Gasteiger partial charge in [-0.1, -0.05) is 36.0 Å². The predicted octanol–water partition coefficient (Wildman–Crippen LogP) is 4.88. The Labute approximate surface area is 149 Å². The van der Waals surface area contributed by atoms with Crippen LogP contribution in [0.25, 0.3) is 0 Å². The van der Waals surface area contributed by atoms with Crippen LogP contribution in [0.1, 0.15) is 16.8 Å². The van der Waals surface area contributed by atoms with Crippen molar-refractivity contribution in [1.29, 1.82) is 5.26 Å². The van der Waals surface area contributed by atoms with E-state index >= 15 is 0 Å². The van der Waals surface area contributed by atoms with Crippen LogP contribution >= 0.6 is 11.8 Å². The Bertz CT molecular complexity index is 940. The summed E-state index contributed by atoms with van der Waals surface area (Å²) in [4.78, 5) is 8.73. The van der Waals surface area contributed by atoms with E-state index in [1.165, 1.54) is 23.9 Å². The normalized spacial score (nSPS) is 10.3. The molecule has 0 fully saturated rings. The van der Waals surface area contributed by atoms with Gasteiger partial charge in [0.05, 0.1) is 11.6 Å². The highest BCUT2D eigenvalue weighted by molar-refractivity contribution is 7.98. The van der Waals surface area contributed by atoms with Gasteiger partial charge in [0.2, 0.25) is 5.88 Å². The third kappa shape index (κ3) is 4.55. The Hall–Kier alpha value is -2.91. The lowest BCUT2D eigenvalue weighted by atomic mass is 10.1. The average Bonchev–Trinajstić information content (AvgIpc) is 2.60. The van der Waals surface area contributed by atoms with Crippen molar-refractivity contribution >= 4 is 11.8 Å². The Morgan fingerprint density at radius 1 is 1.12 bits per heavy atom. The molecule has 3 aromatic rings. The lowest BCUT2D eigenvalue weighted by Gasteiger charge is -2.08. The van der Waals surface area contributed by atoms with Gasteiger partial charge in [-0.05, 0) is 30.7 Å². The van der Waals surface area contributed by atoms with Gasteiger partial charge >= 0.3 is 0 Å². The van der Waals surface area contributed by atoms with Crippen LogP contribution in [-0.4, -0.2) is 9.97 Å². The van der Waals surface area contributed by atoms with Crippen molar-refractivity contribution < 1.29 is 9.13 Å². The number of benzene rings is 2. The highest BCUT2D eigenvalue weighted by Crippen LogP contribution is 2.26. The topological polar surface area (TPSA) is 58.8 Å². The number of thioether (sulfide) groups is 1. The highest BCUT2D eigenvalue weighted by atomic mass is 32.2. The van der Waals surface area contributed by atoms with Gasteiger partial charge in [0, 0.05) is 23.6 Å². The van der Waals surface area contributed by atoms with Crippen LogP contribution in [0.5, 0.6) is 11.6 Å². The van der Waals surface area contributed by atoms with E-state index in [0.717, 1.165) is 11.3 Å². The lowest BCUT2D eigenvalue weighted by Crippen LogP contribution is -1.96. The van der Waals surface area contributed by atoms with E-state index in [1.54, 1.807) is 24.3 Å². The molecule has 0 saturated carbocycles. The molecule has 25 heavy (non-hydrogen) atoms. The maximum Gasteiger partial charge on any atom is 0.223 e. The van der Waals surface area contributed by atoms with Crippen molar-refractivity contribution in [2.75, 3.05) is 0 Å². The van der Waals surface area contributed by atoms with E-state index in [9.17, 15) is 4.39 Å². The second kappa shape index (κ2) is 7.77. The highest BCUT2D eigenvalue weighted by Gasteiger charge is 2.08. The van der Waals surface area contributed by atoms with Crippen molar-refractivity contribution in [3.05, 3.63) is 77.2 Å².